The SMILES string of the molecule is COc1cc(OC)cc(C(=O)NCCC(=O)N(CCC#N)CCC#N)c1. The highest BCUT2D eigenvalue weighted by Gasteiger charge is 2.14. The predicted octanol–water partition coefficient (Wildman–Crippen LogP) is 1.48. The van der Waals surface area contributed by atoms with E-state index in [9.17, 15) is 9.59 Å². The van der Waals surface area contributed by atoms with E-state index in [1.165, 1.54) is 19.1 Å². The van der Waals surface area contributed by atoms with Crippen molar-refractivity contribution in [3.8, 4) is 23.6 Å². The Balaban J connectivity index is 2.60. The predicted molar refractivity (Wildman–Crippen MR) is 93.5 cm³/mol. The van der Waals surface area contributed by atoms with Crippen LogP contribution in [0.2, 0.25) is 0 Å². The first-order chi connectivity index (χ1) is 12.5. The maximum Gasteiger partial charge on any atom is 0.251 e. The molecule has 1 aromatic rings. The number of amides is 2. The van der Waals surface area contributed by atoms with E-state index in [0.717, 1.165) is 0 Å². The van der Waals surface area contributed by atoms with Crippen LogP contribution in [0.3, 0.4) is 0 Å². The summed E-state index contributed by atoms with van der Waals surface area (Å²) in [6.45, 7) is 0.697. The molecule has 8 heteroatoms. The van der Waals surface area contributed by atoms with Crippen molar-refractivity contribution in [2.75, 3.05) is 33.9 Å². The van der Waals surface area contributed by atoms with Crippen LogP contribution in [0.1, 0.15) is 29.6 Å². The summed E-state index contributed by atoms with van der Waals surface area (Å²) in [5.41, 5.74) is 0.361. The average Bonchev–Trinajstić information content (AvgIpc) is 2.67. The van der Waals surface area contributed by atoms with E-state index in [-0.39, 0.29) is 50.7 Å². The fourth-order valence-electron chi connectivity index (χ4n) is 2.21. The normalized spacial score (nSPS) is 9.54. The highest BCUT2D eigenvalue weighted by Crippen LogP contribution is 2.22. The summed E-state index contributed by atoms with van der Waals surface area (Å²) in [7, 11) is 2.98. The Morgan fingerprint density at radius 2 is 1.58 bits per heavy atom. The van der Waals surface area contributed by atoms with Crippen molar-refractivity contribution >= 4 is 11.8 Å². The van der Waals surface area contributed by atoms with Crippen molar-refractivity contribution in [2.45, 2.75) is 19.3 Å². The summed E-state index contributed by atoms with van der Waals surface area (Å²) in [5, 5.41) is 20.0. The van der Waals surface area contributed by atoms with Gasteiger partial charge in [-0.05, 0) is 12.1 Å². The summed E-state index contributed by atoms with van der Waals surface area (Å²) in [6, 6.07) is 8.76. The first-order valence-corrected chi connectivity index (χ1v) is 8.08. The largest absolute Gasteiger partial charge is 0.497 e. The molecule has 1 aromatic carbocycles. The van der Waals surface area contributed by atoms with Gasteiger partial charge in [0.1, 0.15) is 11.5 Å². The molecular formula is C18H22N4O4. The number of hydrogen-bond acceptors (Lipinski definition) is 6. The van der Waals surface area contributed by atoms with E-state index in [0.29, 0.717) is 17.1 Å². The first kappa shape index (κ1) is 20.8. The molecule has 1 N–H and O–H groups in total. The highest BCUT2D eigenvalue weighted by atomic mass is 16.5. The molecule has 1 rings (SSSR count). The lowest BCUT2D eigenvalue weighted by molar-refractivity contribution is -0.130. The van der Waals surface area contributed by atoms with Gasteiger partial charge in [0, 0.05) is 37.7 Å². The van der Waals surface area contributed by atoms with E-state index in [1.807, 2.05) is 12.1 Å². The van der Waals surface area contributed by atoms with Gasteiger partial charge in [-0.2, -0.15) is 10.5 Å². The summed E-state index contributed by atoms with van der Waals surface area (Å²) in [5.74, 6) is 0.420. The summed E-state index contributed by atoms with van der Waals surface area (Å²) in [6.07, 6.45) is 0.490. The van der Waals surface area contributed by atoms with Gasteiger partial charge in [0.25, 0.3) is 5.91 Å². The van der Waals surface area contributed by atoms with E-state index < -0.39 is 0 Å². The van der Waals surface area contributed by atoms with Crippen LogP contribution in [0.4, 0.5) is 0 Å². The van der Waals surface area contributed by atoms with Crippen molar-refractivity contribution in [1.82, 2.24) is 10.2 Å². The first-order valence-electron chi connectivity index (χ1n) is 8.08. The second-order valence-electron chi connectivity index (χ2n) is 5.30. The minimum Gasteiger partial charge on any atom is -0.497 e. The molecule has 0 fully saturated rings. The lowest BCUT2D eigenvalue weighted by atomic mass is 10.2. The Labute approximate surface area is 152 Å². The summed E-state index contributed by atoms with van der Waals surface area (Å²) < 4.78 is 10.2. The topological polar surface area (TPSA) is 115 Å². The van der Waals surface area contributed by atoms with E-state index >= 15 is 0 Å². The number of carbonyl (C=O) groups excluding carboxylic acids is 2. The Bertz CT molecular complexity index is 666. The number of nitrogens with one attached hydrogen (secondary N) is 1. The van der Waals surface area contributed by atoms with Gasteiger partial charge in [0.2, 0.25) is 5.91 Å². The minimum absolute atomic E-state index is 0.0870. The quantitative estimate of drug-likeness (QED) is 0.677. The third kappa shape index (κ3) is 6.70. The van der Waals surface area contributed by atoms with Gasteiger partial charge in [-0.15, -0.1) is 0 Å². The van der Waals surface area contributed by atoms with Crippen LogP contribution in [-0.2, 0) is 4.79 Å². The summed E-state index contributed by atoms with van der Waals surface area (Å²) >= 11 is 0. The molecule has 26 heavy (non-hydrogen) atoms. The van der Waals surface area contributed by atoms with Crippen molar-refractivity contribution in [1.29, 1.82) is 10.5 Å². The zero-order valence-electron chi connectivity index (χ0n) is 14.9. The molecule has 0 bridgehead atoms. The van der Waals surface area contributed by atoms with Crippen molar-refractivity contribution in [3.05, 3.63) is 23.8 Å². The second kappa shape index (κ2) is 11.3. The van der Waals surface area contributed by atoms with Gasteiger partial charge in [-0.1, -0.05) is 0 Å². The van der Waals surface area contributed by atoms with Crippen LogP contribution >= 0.6 is 0 Å². The average molecular weight is 358 g/mol. The molecule has 0 aliphatic carbocycles. The smallest absolute Gasteiger partial charge is 0.251 e. The van der Waals surface area contributed by atoms with E-state index in [4.69, 9.17) is 20.0 Å². The molecule has 0 aliphatic rings. The van der Waals surface area contributed by atoms with Gasteiger partial charge in [0.05, 0.1) is 39.2 Å². The molecule has 0 aromatic heterocycles. The number of rotatable bonds is 10. The van der Waals surface area contributed by atoms with Gasteiger partial charge in [0.15, 0.2) is 0 Å². The zero-order chi connectivity index (χ0) is 19.4. The van der Waals surface area contributed by atoms with Crippen LogP contribution < -0.4 is 14.8 Å². The van der Waals surface area contributed by atoms with Gasteiger partial charge >= 0.3 is 0 Å². The van der Waals surface area contributed by atoms with Crippen LogP contribution in [0.5, 0.6) is 11.5 Å². The molecule has 138 valence electrons. The fourth-order valence-corrected chi connectivity index (χ4v) is 2.21. The molecule has 0 spiro atoms. The summed E-state index contributed by atoms with van der Waals surface area (Å²) in [4.78, 5) is 25.9. The zero-order valence-corrected chi connectivity index (χ0v) is 14.9. The van der Waals surface area contributed by atoms with Crippen molar-refractivity contribution < 1.29 is 19.1 Å². The number of carbonyl (C=O) groups is 2. The second-order valence-corrected chi connectivity index (χ2v) is 5.30. The number of nitrogens with zero attached hydrogens (tertiary/aromatic N) is 3. The van der Waals surface area contributed by atoms with Crippen molar-refractivity contribution in [2.24, 2.45) is 0 Å². The van der Waals surface area contributed by atoms with Crippen LogP contribution in [0, 0.1) is 22.7 Å². The van der Waals surface area contributed by atoms with Crippen LogP contribution in [0.15, 0.2) is 18.2 Å². The minimum atomic E-state index is -0.351. The molecule has 0 atom stereocenters. The molecule has 0 saturated carbocycles. The standard InChI is InChI=1S/C18H22N4O4/c1-25-15-11-14(12-16(13-15)26-2)18(24)21-8-5-17(23)22(9-3-6-19)10-4-7-20/h11-13H,3-5,8-10H2,1-2H3,(H,21,24). The maximum absolute atomic E-state index is 12.2. The number of benzene rings is 1. The molecule has 0 unspecified atom stereocenters. The monoisotopic (exact) mass is 358 g/mol. The number of methoxy groups -OCH3 is 2. The maximum atomic E-state index is 12.2. The lowest BCUT2D eigenvalue weighted by Crippen LogP contribution is -2.35. The molecule has 0 heterocycles. The molecular weight excluding hydrogens is 336 g/mol. The van der Waals surface area contributed by atoms with E-state index in [2.05, 4.69) is 5.32 Å². The highest BCUT2D eigenvalue weighted by molar-refractivity contribution is 5.95. The van der Waals surface area contributed by atoms with Gasteiger partial charge < -0.3 is 19.7 Å². The molecule has 8 nitrogen and oxygen atoms in total. The molecule has 0 saturated heterocycles. The Morgan fingerprint density at radius 1 is 1.04 bits per heavy atom. The molecule has 2 amide bonds. The third-order valence-electron chi connectivity index (χ3n) is 3.58. The van der Waals surface area contributed by atoms with Crippen LogP contribution in [0.25, 0.3) is 0 Å². The van der Waals surface area contributed by atoms with Crippen LogP contribution in [-0.4, -0.2) is 50.6 Å². The van der Waals surface area contributed by atoms with Gasteiger partial charge in [-0.25, -0.2) is 0 Å². The Hall–Kier alpha value is -3.26. The van der Waals surface area contributed by atoms with Gasteiger partial charge in [-0.3, -0.25) is 9.59 Å². The fraction of sp³-hybridized carbons (Fsp3) is 0.444. The molecule has 0 aliphatic heterocycles. The lowest BCUT2D eigenvalue weighted by Gasteiger charge is -2.20. The molecule has 0 radical (unpaired) electrons. The number of hydrogen-bond donors (Lipinski definition) is 1. The number of nitriles is 2. The van der Waals surface area contributed by atoms with Crippen molar-refractivity contribution in [3.63, 3.8) is 0 Å². The number of ether oxygens (including phenoxy) is 2. The Kier molecular flexibility index (Phi) is 9.05. The third-order valence-corrected chi connectivity index (χ3v) is 3.58. The van der Waals surface area contributed by atoms with E-state index in [1.54, 1.807) is 18.2 Å². The Morgan fingerprint density at radius 3 is 2.04 bits per heavy atom.